The summed E-state index contributed by atoms with van der Waals surface area (Å²) in [6, 6.07) is 0. The average Bonchev–Trinajstić information content (AvgIpc) is 2.22. The molecule has 0 aromatic carbocycles. The summed E-state index contributed by atoms with van der Waals surface area (Å²) in [4.78, 5) is 0. The van der Waals surface area contributed by atoms with Gasteiger partial charge in [0.25, 0.3) is 0 Å². The SMILES string of the molecule is COCCOCCOCCC(C)(C)CCl. The molecule has 0 aliphatic heterocycles. The van der Waals surface area contributed by atoms with Crippen LogP contribution in [0.5, 0.6) is 0 Å². The van der Waals surface area contributed by atoms with Crippen LogP contribution in [0.25, 0.3) is 0 Å². The van der Waals surface area contributed by atoms with Gasteiger partial charge in [-0.1, -0.05) is 13.8 Å². The van der Waals surface area contributed by atoms with E-state index in [1.165, 1.54) is 0 Å². The molecule has 92 valence electrons. The Morgan fingerprint density at radius 3 is 2.00 bits per heavy atom. The highest BCUT2D eigenvalue weighted by atomic mass is 35.5. The van der Waals surface area contributed by atoms with Crippen LogP contribution in [-0.4, -0.2) is 46.0 Å². The van der Waals surface area contributed by atoms with Crippen LogP contribution in [0.1, 0.15) is 20.3 Å². The van der Waals surface area contributed by atoms with E-state index in [1.54, 1.807) is 7.11 Å². The Hall–Kier alpha value is 0.170. The van der Waals surface area contributed by atoms with Gasteiger partial charge in [0.1, 0.15) is 0 Å². The summed E-state index contributed by atoms with van der Waals surface area (Å²) in [5, 5.41) is 0. The molecule has 4 heteroatoms. The lowest BCUT2D eigenvalue weighted by Gasteiger charge is -2.20. The zero-order chi connectivity index (χ0) is 11.6. The van der Waals surface area contributed by atoms with Crippen molar-refractivity contribution in [1.29, 1.82) is 0 Å². The minimum atomic E-state index is 0.165. The fraction of sp³-hybridized carbons (Fsp3) is 1.00. The van der Waals surface area contributed by atoms with Crippen molar-refractivity contribution < 1.29 is 14.2 Å². The van der Waals surface area contributed by atoms with Crippen LogP contribution in [0.4, 0.5) is 0 Å². The van der Waals surface area contributed by atoms with E-state index in [9.17, 15) is 0 Å². The maximum Gasteiger partial charge on any atom is 0.0701 e. The minimum Gasteiger partial charge on any atom is -0.382 e. The Balaban J connectivity index is 3.11. The average molecular weight is 239 g/mol. The maximum absolute atomic E-state index is 5.80. The molecule has 15 heavy (non-hydrogen) atoms. The predicted molar refractivity (Wildman–Crippen MR) is 62.6 cm³/mol. The fourth-order valence-corrected chi connectivity index (χ4v) is 1.01. The van der Waals surface area contributed by atoms with Crippen LogP contribution < -0.4 is 0 Å². The molecule has 0 aromatic heterocycles. The largest absolute Gasteiger partial charge is 0.382 e. The summed E-state index contributed by atoms with van der Waals surface area (Å²) in [6.07, 6.45) is 0.981. The summed E-state index contributed by atoms with van der Waals surface area (Å²) in [5.74, 6) is 0.667. The first kappa shape index (κ1) is 15.2. The maximum atomic E-state index is 5.80. The second-order valence-electron chi connectivity index (χ2n) is 4.27. The van der Waals surface area contributed by atoms with E-state index in [0.717, 1.165) is 13.0 Å². The molecule has 0 fully saturated rings. The lowest BCUT2D eigenvalue weighted by atomic mass is 9.93. The molecule has 0 aromatic rings. The molecule has 0 amide bonds. The van der Waals surface area contributed by atoms with Gasteiger partial charge in [-0.25, -0.2) is 0 Å². The highest BCUT2D eigenvalue weighted by molar-refractivity contribution is 6.18. The highest BCUT2D eigenvalue weighted by Gasteiger charge is 2.15. The second-order valence-corrected chi connectivity index (χ2v) is 4.53. The van der Waals surface area contributed by atoms with Gasteiger partial charge in [0.05, 0.1) is 26.4 Å². The molecule has 0 N–H and O–H groups in total. The molecule has 0 radical (unpaired) electrons. The molecule has 0 spiro atoms. The summed E-state index contributed by atoms with van der Waals surface area (Å²) < 4.78 is 15.5. The van der Waals surface area contributed by atoms with Crippen molar-refractivity contribution in [3.05, 3.63) is 0 Å². The molecule has 0 aliphatic carbocycles. The van der Waals surface area contributed by atoms with Crippen LogP contribution >= 0.6 is 11.6 Å². The van der Waals surface area contributed by atoms with Gasteiger partial charge >= 0.3 is 0 Å². The topological polar surface area (TPSA) is 27.7 Å². The Bertz CT molecular complexity index is 140. The first-order chi connectivity index (χ1) is 7.12. The summed E-state index contributed by atoms with van der Waals surface area (Å²) in [7, 11) is 1.66. The molecule has 0 heterocycles. The summed E-state index contributed by atoms with van der Waals surface area (Å²) >= 11 is 5.80. The van der Waals surface area contributed by atoms with E-state index in [-0.39, 0.29) is 5.41 Å². The first-order valence-electron chi connectivity index (χ1n) is 5.33. The summed E-state index contributed by atoms with van der Waals surface area (Å²) in [5.41, 5.74) is 0.165. The Labute approximate surface area is 98.0 Å². The molecule has 0 rings (SSSR count). The van der Waals surface area contributed by atoms with Crippen molar-refractivity contribution in [2.75, 3.05) is 46.0 Å². The van der Waals surface area contributed by atoms with Crippen LogP contribution in [-0.2, 0) is 14.2 Å². The third kappa shape index (κ3) is 10.5. The van der Waals surface area contributed by atoms with Crippen molar-refractivity contribution >= 4 is 11.6 Å². The Morgan fingerprint density at radius 1 is 0.933 bits per heavy atom. The van der Waals surface area contributed by atoms with Gasteiger partial charge in [-0.15, -0.1) is 11.6 Å². The van der Waals surface area contributed by atoms with E-state index in [2.05, 4.69) is 13.8 Å². The molecule has 0 aliphatic rings. The van der Waals surface area contributed by atoms with E-state index >= 15 is 0 Å². The number of ether oxygens (including phenoxy) is 3. The fourth-order valence-electron chi connectivity index (χ4n) is 0.880. The highest BCUT2D eigenvalue weighted by Crippen LogP contribution is 2.21. The quantitative estimate of drug-likeness (QED) is 0.432. The van der Waals surface area contributed by atoms with Gasteiger partial charge in [-0.3, -0.25) is 0 Å². The number of alkyl halides is 1. The monoisotopic (exact) mass is 238 g/mol. The summed E-state index contributed by atoms with van der Waals surface area (Å²) in [6.45, 7) is 7.56. The van der Waals surface area contributed by atoms with Crippen molar-refractivity contribution in [1.82, 2.24) is 0 Å². The smallest absolute Gasteiger partial charge is 0.0701 e. The van der Waals surface area contributed by atoms with Gasteiger partial charge in [0.15, 0.2) is 0 Å². The van der Waals surface area contributed by atoms with Crippen molar-refractivity contribution in [2.45, 2.75) is 20.3 Å². The Morgan fingerprint density at radius 2 is 1.47 bits per heavy atom. The van der Waals surface area contributed by atoms with E-state index < -0.39 is 0 Å². The van der Waals surface area contributed by atoms with Gasteiger partial charge in [0, 0.05) is 19.6 Å². The Kier molecular flexibility index (Phi) is 9.51. The zero-order valence-electron chi connectivity index (χ0n) is 10.1. The van der Waals surface area contributed by atoms with E-state index in [4.69, 9.17) is 25.8 Å². The normalized spacial score (nSPS) is 12.0. The third-order valence-electron chi connectivity index (χ3n) is 2.09. The van der Waals surface area contributed by atoms with Crippen LogP contribution in [0.3, 0.4) is 0 Å². The third-order valence-corrected chi connectivity index (χ3v) is 2.81. The predicted octanol–water partition coefficient (Wildman–Crippen LogP) is 2.32. The molecular weight excluding hydrogens is 216 g/mol. The number of halogens is 1. The van der Waals surface area contributed by atoms with E-state index in [0.29, 0.717) is 32.3 Å². The molecule has 0 unspecified atom stereocenters. The molecule has 0 saturated carbocycles. The molecule has 3 nitrogen and oxygen atoms in total. The lowest BCUT2D eigenvalue weighted by molar-refractivity contribution is 0.0195. The lowest BCUT2D eigenvalue weighted by Crippen LogP contribution is -2.17. The van der Waals surface area contributed by atoms with Gasteiger partial charge in [0.2, 0.25) is 0 Å². The van der Waals surface area contributed by atoms with Gasteiger partial charge in [-0.2, -0.15) is 0 Å². The zero-order valence-corrected chi connectivity index (χ0v) is 10.8. The van der Waals surface area contributed by atoms with Gasteiger partial charge < -0.3 is 14.2 Å². The molecule has 0 atom stereocenters. The number of hydrogen-bond acceptors (Lipinski definition) is 3. The van der Waals surface area contributed by atoms with Gasteiger partial charge in [-0.05, 0) is 11.8 Å². The number of rotatable bonds is 10. The molecular formula is C11H23ClO3. The molecule has 0 saturated heterocycles. The van der Waals surface area contributed by atoms with Crippen molar-refractivity contribution in [3.8, 4) is 0 Å². The van der Waals surface area contributed by atoms with Crippen LogP contribution in [0.15, 0.2) is 0 Å². The standard InChI is InChI=1S/C11H23ClO3/c1-11(2,10-12)4-5-14-8-9-15-7-6-13-3/h4-10H2,1-3H3. The number of hydrogen-bond donors (Lipinski definition) is 0. The number of methoxy groups -OCH3 is 1. The van der Waals surface area contributed by atoms with Crippen molar-refractivity contribution in [3.63, 3.8) is 0 Å². The minimum absolute atomic E-state index is 0.165. The van der Waals surface area contributed by atoms with Crippen LogP contribution in [0.2, 0.25) is 0 Å². The second kappa shape index (κ2) is 9.40. The molecule has 0 bridgehead atoms. The first-order valence-corrected chi connectivity index (χ1v) is 5.86. The van der Waals surface area contributed by atoms with Crippen LogP contribution in [0, 0.1) is 5.41 Å². The van der Waals surface area contributed by atoms with E-state index in [1.807, 2.05) is 0 Å². The van der Waals surface area contributed by atoms with Crippen molar-refractivity contribution in [2.24, 2.45) is 5.41 Å².